The van der Waals surface area contributed by atoms with Crippen molar-refractivity contribution in [3.63, 3.8) is 0 Å². The third-order valence-electron chi connectivity index (χ3n) is 7.87. The molecule has 1 saturated carbocycles. The fourth-order valence-electron chi connectivity index (χ4n) is 5.82. The molecule has 3 heterocycles. The second-order valence-corrected chi connectivity index (χ2v) is 9.98. The molecular formula is C26H35N5O2. The highest BCUT2D eigenvalue weighted by Crippen LogP contribution is 2.46. The number of nitrogens with one attached hydrogen (secondary N) is 1. The van der Waals surface area contributed by atoms with Gasteiger partial charge in [0.15, 0.2) is 0 Å². The van der Waals surface area contributed by atoms with Crippen molar-refractivity contribution >= 4 is 11.8 Å². The molecule has 0 radical (unpaired) electrons. The molecule has 7 heteroatoms. The highest BCUT2D eigenvalue weighted by Gasteiger charge is 2.49. The first kappa shape index (κ1) is 22.2. The van der Waals surface area contributed by atoms with Gasteiger partial charge in [-0.1, -0.05) is 30.3 Å². The third kappa shape index (κ3) is 4.32. The van der Waals surface area contributed by atoms with Crippen molar-refractivity contribution in [2.45, 2.75) is 43.3 Å². The van der Waals surface area contributed by atoms with Crippen LogP contribution >= 0.6 is 0 Å². The monoisotopic (exact) mass is 449 g/mol. The van der Waals surface area contributed by atoms with Crippen molar-refractivity contribution in [3.05, 3.63) is 59.8 Å². The first-order valence-corrected chi connectivity index (χ1v) is 12.1. The average Bonchev–Trinajstić information content (AvgIpc) is 3.15. The number of hydrogen-bond acceptors (Lipinski definition) is 5. The van der Waals surface area contributed by atoms with Gasteiger partial charge in [0.1, 0.15) is 5.82 Å². The Hall–Kier alpha value is -2.64. The van der Waals surface area contributed by atoms with Gasteiger partial charge in [-0.05, 0) is 63.0 Å². The molecule has 1 N–H and O–H groups in total. The van der Waals surface area contributed by atoms with Crippen LogP contribution in [-0.2, 0) is 16.8 Å². The highest BCUT2D eigenvalue weighted by atomic mass is 16.5. The van der Waals surface area contributed by atoms with E-state index in [0.29, 0.717) is 6.54 Å². The van der Waals surface area contributed by atoms with Gasteiger partial charge in [-0.2, -0.15) is 0 Å². The summed E-state index contributed by atoms with van der Waals surface area (Å²) in [7, 11) is 4.36. The molecule has 1 spiro atoms. The van der Waals surface area contributed by atoms with Crippen LogP contribution in [-0.4, -0.2) is 73.3 Å². The van der Waals surface area contributed by atoms with E-state index >= 15 is 0 Å². The van der Waals surface area contributed by atoms with Gasteiger partial charge < -0.3 is 19.9 Å². The summed E-state index contributed by atoms with van der Waals surface area (Å²) < 4.78 is 5.46. The van der Waals surface area contributed by atoms with Crippen LogP contribution in [0.4, 0.5) is 10.6 Å². The summed E-state index contributed by atoms with van der Waals surface area (Å²) in [5.41, 5.74) is 2.40. The average molecular weight is 450 g/mol. The Morgan fingerprint density at radius 1 is 1.06 bits per heavy atom. The molecule has 33 heavy (non-hydrogen) atoms. The minimum absolute atomic E-state index is 0.0306. The Morgan fingerprint density at radius 3 is 2.48 bits per heavy atom. The lowest BCUT2D eigenvalue weighted by Crippen LogP contribution is -2.54. The first-order valence-electron chi connectivity index (χ1n) is 12.1. The predicted molar refractivity (Wildman–Crippen MR) is 129 cm³/mol. The molecular weight excluding hydrogens is 414 g/mol. The van der Waals surface area contributed by atoms with Gasteiger partial charge >= 0.3 is 6.03 Å². The zero-order valence-electron chi connectivity index (χ0n) is 19.8. The summed E-state index contributed by atoms with van der Waals surface area (Å²) in [5, 5.41) is 3.37. The SMILES string of the molecule is CN(C)[C@]1(c2ccccc2)CC[C@]2(CC1)CN(Cc1ccnc(N3CCOCC3)c1)C(=O)N2. The molecule has 2 amide bonds. The fraction of sp³-hybridized carbons (Fsp3) is 0.538. The Kier molecular flexibility index (Phi) is 6.01. The van der Waals surface area contributed by atoms with Crippen molar-refractivity contribution < 1.29 is 9.53 Å². The molecule has 1 aliphatic carbocycles. The molecule has 2 aliphatic heterocycles. The third-order valence-corrected chi connectivity index (χ3v) is 7.87. The van der Waals surface area contributed by atoms with E-state index in [9.17, 15) is 4.79 Å². The second-order valence-electron chi connectivity index (χ2n) is 9.98. The molecule has 0 atom stereocenters. The molecule has 2 saturated heterocycles. The number of anilines is 1. The Bertz CT molecular complexity index is 966. The van der Waals surface area contributed by atoms with Gasteiger partial charge in [-0.15, -0.1) is 0 Å². The van der Waals surface area contributed by atoms with Crippen LogP contribution in [0.25, 0.3) is 0 Å². The van der Waals surface area contributed by atoms with Gasteiger partial charge in [0.2, 0.25) is 0 Å². The molecule has 3 fully saturated rings. The molecule has 5 rings (SSSR count). The smallest absolute Gasteiger partial charge is 0.318 e. The van der Waals surface area contributed by atoms with E-state index in [4.69, 9.17) is 4.74 Å². The zero-order chi connectivity index (χ0) is 22.9. The van der Waals surface area contributed by atoms with Gasteiger partial charge in [-0.3, -0.25) is 4.90 Å². The van der Waals surface area contributed by atoms with Crippen LogP contribution in [0.3, 0.4) is 0 Å². The topological polar surface area (TPSA) is 60.9 Å². The predicted octanol–water partition coefficient (Wildman–Crippen LogP) is 3.21. The Labute approximate surface area is 196 Å². The van der Waals surface area contributed by atoms with Crippen LogP contribution in [0.1, 0.15) is 36.8 Å². The number of aromatic nitrogens is 1. The van der Waals surface area contributed by atoms with Gasteiger partial charge in [0.25, 0.3) is 0 Å². The number of benzene rings is 1. The van der Waals surface area contributed by atoms with E-state index < -0.39 is 0 Å². The number of carbonyl (C=O) groups excluding carboxylic acids is 1. The summed E-state index contributed by atoms with van der Waals surface area (Å²) in [5.74, 6) is 0.974. The number of amides is 2. The lowest BCUT2D eigenvalue weighted by Gasteiger charge is -2.48. The Morgan fingerprint density at radius 2 is 1.79 bits per heavy atom. The number of urea groups is 1. The lowest BCUT2D eigenvalue weighted by molar-refractivity contribution is 0.0617. The van der Waals surface area contributed by atoms with Gasteiger partial charge in [-0.25, -0.2) is 9.78 Å². The van der Waals surface area contributed by atoms with Crippen molar-refractivity contribution in [1.82, 2.24) is 20.1 Å². The Balaban J connectivity index is 1.27. The van der Waals surface area contributed by atoms with Crippen LogP contribution in [0.5, 0.6) is 0 Å². The van der Waals surface area contributed by atoms with Crippen LogP contribution in [0.2, 0.25) is 0 Å². The number of ether oxygens (including phenoxy) is 1. The van der Waals surface area contributed by atoms with E-state index in [1.54, 1.807) is 0 Å². The maximum absolute atomic E-state index is 13.0. The van der Waals surface area contributed by atoms with Crippen LogP contribution < -0.4 is 10.2 Å². The molecule has 3 aliphatic rings. The van der Waals surface area contributed by atoms with E-state index in [2.05, 4.69) is 70.6 Å². The van der Waals surface area contributed by atoms with Crippen molar-refractivity contribution in [1.29, 1.82) is 0 Å². The van der Waals surface area contributed by atoms with E-state index in [1.807, 2.05) is 17.2 Å². The number of pyridine rings is 1. The zero-order valence-corrected chi connectivity index (χ0v) is 19.8. The van der Waals surface area contributed by atoms with Gasteiger partial charge in [0, 0.05) is 37.9 Å². The number of hydrogen-bond donors (Lipinski definition) is 1. The van der Waals surface area contributed by atoms with Crippen molar-refractivity contribution in [2.24, 2.45) is 0 Å². The van der Waals surface area contributed by atoms with E-state index in [0.717, 1.165) is 69.9 Å². The standard InChI is InChI=1S/C26H35N5O2/c1-29(2)26(22-6-4-3-5-7-22)11-9-25(10-12-26)20-31(24(32)28-25)19-21-8-13-27-23(18-21)30-14-16-33-17-15-30/h3-8,13,18H,9-12,14-17,19-20H2,1-2H3,(H,28,32)/t25-,26+. The molecule has 2 aromatic rings. The molecule has 0 unspecified atom stereocenters. The van der Waals surface area contributed by atoms with Gasteiger partial charge in [0.05, 0.1) is 18.8 Å². The normalized spacial score (nSPS) is 27.9. The van der Waals surface area contributed by atoms with Crippen molar-refractivity contribution in [2.75, 3.05) is 51.8 Å². The number of morpholine rings is 1. The summed E-state index contributed by atoms with van der Waals surface area (Å²) >= 11 is 0. The number of carbonyl (C=O) groups is 1. The fourth-order valence-corrected chi connectivity index (χ4v) is 5.82. The second kappa shape index (κ2) is 8.95. The van der Waals surface area contributed by atoms with E-state index in [1.165, 1.54) is 5.56 Å². The molecule has 1 aromatic carbocycles. The number of rotatable bonds is 5. The first-order chi connectivity index (χ1) is 16.0. The summed E-state index contributed by atoms with van der Waals surface area (Å²) in [6.45, 7) is 4.57. The lowest BCUT2D eigenvalue weighted by atomic mass is 9.69. The summed E-state index contributed by atoms with van der Waals surface area (Å²) in [6, 6.07) is 15.0. The molecule has 7 nitrogen and oxygen atoms in total. The minimum atomic E-state index is -0.133. The quantitative estimate of drug-likeness (QED) is 0.760. The summed E-state index contributed by atoms with van der Waals surface area (Å²) in [4.78, 5) is 24.1. The number of nitrogens with zero attached hydrogens (tertiary/aromatic N) is 4. The maximum atomic E-state index is 13.0. The largest absolute Gasteiger partial charge is 0.378 e. The van der Waals surface area contributed by atoms with Crippen LogP contribution in [0, 0.1) is 0 Å². The highest BCUT2D eigenvalue weighted by molar-refractivity contribution is 5.78. The molecule has 176 valence electrons. The molecule has 0 bridgehead atoms. The minimum Gasteiger partial charge on any atom is -0.378 e. The van der Waals surface area contributed by atoms with Crippen molar-refractivity contribution in [3.8, 4) is 0 Å². The summed E-state index contributed by atoms with van der Waals surface area (Å²) in [6.07, 6.45) is 5.90. The molecule has 1 aromatic heterocycles. The van der Waals surface area contributed by atoms with E-state index in [-0.39, 0.29) is 17.1 Å². The van der Waals surface area contributed by atoms with Crippen LogP contribution in [0.15, 0.2) is 48.7 Å². The maximum Gasteiger partial charge on any atom is 0.318 e.